The summed E-state index contributed by atoms with van der Waals surface area (Å²) in [6, 6.07) is 3.71. The summed E-state index contributed by atoms with van der Waals surface area (Å²) < 4.78 is 0. The minimum atomic E-state index is -0.228. The number of amides is 1. The van der Waals surface area contributed by atoms with Crippen LogP contribution in [0.5, 0.6) is 0 Å². The molecule has 0 fully saturated rings. The molecule has 1 amide bonds. The van der Waals surface area contributed by atoms with Crippen LogP contribution in [-0.4, -0.2) is 16.1 Å². The summed E-state index contributed by atoms with van der Waals surface area (Å²) in [5, 5.41) is 9.07. The van der Waals surface area contributed by atoms with Crippen LogP contribution in [0.2, 0.25) is 0 Å². The van der Waals surface area contributed by atoms with Crippen LogP contribution >= 0.6 is 0 Å². The Balaban J connectivity index is 2.25. The summed E-state index contributed by atoms with van der Waals surface area (Å²) in [4.78, 5) is 11.8. The van der Waals surface area contributed by atoms with Crippen molar-refractivity contribution in [1.29, 1.82) is 0 Å². The quantitative estimate of drug-likeness (QED) is 0.688. The Hall–Kier alpha value is -2.30. The third-order valence-electron chi connectivity index (χ3n) is 2.67. The monoisotopic (exact) mass is 230 g/mol. The number of nitrogens with one attached hydrogen (secondary N) is 2. The summed E-state index contributed by atoms with van der Waals surface area (Å²) in [6.45, 7) is 3.95. The van der Waals surface area contributed by atoms with E-state index in [-0.39, 0.29) is 5.91 Å². The zero-order valence-corrected chi connectivity index (χ0v) is 9.74. The van der Waals surface area contributed by atoms with Crippen molar-refractivity contribution in [3.8, 4) is 0 Å². The summed E-state index contributed by atoms with van der Waals surface area (Å²) in [5.74, 6) is -0.228. The number of hydrogen-bond acceptors (Lipinski definition) is 3. The van der Waals surface area contributed by atoms with Gasteiger partial charge in [-0.2, -0.15) is 5.10 Å². The van der Waals surface area contributed by atoms with E-state index < -0.39 is 0 Å². The van der Waals surface area contributed by atoms with E-state index in [0.717, 1.165) is 11.1 Å². The van der Waals surface area contributed by atoms with Crippen LogP contribution in [0.25, 0.3) is 0 Å². The Morgan fingerprint density at radius 3 is 2.71 bits per heavy atom. The molecule has 88 valence electrons. The fourth-order valence-electron chi connectivity index (χ4n) is 1.52. The highest BCUT2D eigenvalue weighted by Gasteiger charge is 2.09. The minimum Gasteiger partial charge on any atom is -0.397 e. The number of carbonyl (C=O) groups excluding carboxylic acids is 1. The molecule has 0 saturated heterocycles. The van der Waals surface area contributed by atoms with Crippen molar-refractivity contribution in [1.82, 2.24) is 10.2 Å². The summed E-state index contributed by atoms with van der Waals surface area (Å²) in [7, 11) is 0. The van der Waals surface area contributed by atoms with Crippen LogP contribution in [0.3, 0.4) is 0 Å². The molecular formula is C12H14N4O. The van der Waals surface area contributed by atoms with Crippen molar-refractivity contribution < 1.29 is 4.79 Å². The third kappa shape index (κ3) is 2.28. The number of aromatic amines is 1. The minimum absolute atomic E-state index is 0.228. The first-order valence-electron chi connectivity index (χ1n) is 5.25. The summed E-state index contributed by atoms with van der Waals surface area (Å²) in [6.07, 6.45) is 3.00. The molecule has 1 aromatic heterocycles. The van der Waals surface area contributed by atoms with Crippen molar-refractivity contribution in [2.24, 2.45) is 0 Å². The lowest BCUT2D eigenvalue weighted by atomic mass is 10.1. The molecular weight excluding hydrogens is 216 g/mol. The average Bonchev–Trinajstić information content (AvgIpc) is 2.79. The van der Waals surface area contributed by atoms with Gasteiger partial charge in [-0.3, -0.25) is 9.89 Å². The van der Waals surface area contributed by atoms with Crippen molar-refractivity contribution in [2.75, 3.05) is 11.1 Å². The predicted molar refractivity (Wildman–Crippen MR) is 66.9 cm³/mol. The number of carbonyl (C=O) groups is 1. The Morgan fingerprint density at radius 1 is 1.35 bits per heavy atom. The Labute approximate surface area is 99.0 Å². The largest absolute Gasteiger partial charge is 0.397 e. The van der Waals surface area contributed by atoms with Crippen LogP contribution in [0.1, 0.15) is 21.5 Å². The van der Waals surface area contributed by atoms with Gasteiger partial charge in [0.25, 0.3) is 5.91 Å². The molecule has 0 radical (unpaired) electrons. The van der Waals surface area contributed by atoms with Gasteiger partial charge < -0.3 is 11.1 Å². The normalized spacial score (nSPS) is 10.2. The fourth-order valence-corrected chi connectivity index (χ4v) is 1.52. The van der Waals surface area contributed by atoms with Crippen molar-refractivity contribution >= 4 is 17.3 Å². The van der Waals surface area contributed by atoms with Gasteiger partial charge in [-0.15, -0.1) is 0 Å². The molecule has 2 rings (SSSR count). The maximum absolute atomic E-state index is 11.8. The number of nitrogens with two attached hydrogens (primary N) is 1. The summed E-state index contributed by atoms with van der Waals surface area (Å²) >= 11 is 0. The van der Waals surface area contributed by atoms with E-state index in [9.17, 15) is 4.79 Å². The van der Waals surface area contributed by atoms with E-state index in [4.69, 9.17) is 5.73 Å². The van der Waals surface area contributed by atoms with Gasteiger partial charge in [-0.05, 0) is 37.1 Å². The number of benzene rings is 1. The topological polar surface area (TPSA) is 83.8 Å². The number of H-pyrrole nitrogens is 1. The molecule has 0 unspecified atom stereocenters. The lowest BCUT2D eigenvalue weighted by molar-refractivity contribution is 0.102. The molecule has 0 aliphatic heterocycles. The number of hydrogen-bond donors (Lipinski definition) is 3. The van der Waals surface area contributed by atoms with Crippen LogP contribution in [0.4, 0.5) is 11.4 Å². The van der Waals surface area contributed by atoms with Crippen molar-refractivity contribution in [3.05, 3.63) is 41.2 Å². The molecule has 0 aliphatic rings. The van der Waals surface area contributed by atoms with Gasteiger partial charge in [-0.25, -0.2) is 0 Å². The second kappa shape index (κ2) is 4.29. The van der Waals surface area contributed by atoms with Gasteiger partial charge in [0.2, 0.25) is 0 Å². The first-order chi connectivity index (χ1) is 8.08. The Morgan fingerprint density at radius 2 is 2.06 bits per heavy atom. The number of nitrogens with zero attached hydrogens (tertiary/aromatic N) is 1. The molecule has 17 heavy (non-hydrogen) atoms. The number of aryl methyl sites for hydroxylation is 2. The molecule has 0 aliphatic carbocycles. The number of nitrogen functional groups attached to an aromatic ring is 1. The van der Waals surface area contributed by atoms with E-state index in [2.05, 4.69) is 15.5 Å². The highest BCUT2D eigenvalue weighted by molar-refractivity contribution is 6.05. The molecule has 0 atom stereocenters. The standard InChI is InChI=1S/C12H14N4O/c1-7-3-10(13)11(4-8(7)2)16-12(17)9-5-14-15-6-9/h3-6H,13H2,1-2H3,(H,14,15)(H,16,17). The van der Waals surface area contributed by atoms with Gasteiger partial charge in [0.15, 0.2) is 0 Å². The number of anilines is 2. The third-order valence-corrected chi connectivity index (χ3v) is 2.67. The molecule has 1 aromatic carbocycles. The van der Waals surface area contributed by atoms with Crippen LogP contribution < -0.4 is 11.1 Å². The van der Waals surface area contributed by atoms with Crippen LogP contribution in [0, 0.1) is 13.8 Å². The number of aromatic nitrogens is 2. The molecule has 2 aromatic rings. The molecule has 0 saturated carbocycles. The Kier molecular flexibility index (Phi) is 2.82. The second-order valence-electron chi connectivity index (χ2n) is 3.96. The molecule has 1 heterocycles. The first kappa shape index (κ1) is 11.2. The fraction of sp³-hybridized carbons (Fsp3) is 0.167. The van der Waals surface area contributed by atoms with Gasteiger partial charge in [0, 0.05) is 6.20 Å². The zero-order valence-electron chi connectivity index (χ0n) is 9.74. The zero-order chi connectivity index (χ0) is 12.4. The summed E-state index contributed by atoms with van der Waals surface area (Å²) in [5.41, 5.74) is 9.70. The first-order valence-corrected chi connectivity index (χ1v) is 5.25. The SMILES string of the molecule is Cc1cc(N)c(NC(=O)c2cn[nH]c2)cc1C. The van der Waals surface area contributed by atoms with E-state index in [1.54, 1.807) is 0 Å². The predicted octanol–water partition coefficient (Wildman–Crippen LogP) is 1.86. The van der Waals surface area contributed by atoms with E-state index in [1.807, 2.05) is 26.0 Å². The van der Waals surface area contributed by atoms with Crippen molar-refractivity contribution in [3.63, 3.8) is 0 Å². The smallest absolute Gasteiger partial charge is 0.258 e. The van der Waals surface area contributed by atoms with Crippen LogP contribution in [-0.2, 0) is 0 Å². The lowest BCUT2D eigenvalue weighted by Gasteiger charge is -2.10. The van der Waals surface area contributed by atoms with E-state index in [0.29, 0.717) is 16.9 Å². The average molecular weight is 230 g/mol. The molecule has 4 N–H and O–H groups in total. The second-order valence-corrected chi connectivity index (χ2v) is 3.96. The van der Waals surface area contributed by atoms with Gasteiger partial charge in [0.05, 0.1) is 23.1 Å². The van der Waals surface area contributed by atoms with E-state index in [1.165, 1.54) is 12.4 Å². The van der Waals surface area contributed by atoms with Gasteiger partial charge in [0.1, 0.15) is 0 Å². The maximum Gasteiger partial charge on any atom is 0.258 e. The molecule has 0 bridgehead atoms. The van der Waals surface area contributed by atoms with Gasteiger partial charge >= 0.3 is 0 Å². The van der Waals surface area contributed by atoms with Crippen LogP contribution in [0.15, 0.2) is 24.5 Å². The molecule has 0 spiro atoms. The molecule has 5 nitrogen and oxygen atoms in total. The van der Waals surface area contributed by atoms with E-state index >= 15 is 0 Å². The highest BCUT2D eigenvalue weighted by Crippen LogP contribution is 2.23. The maximum atomic E-state index is 11.8. The highest BCUT2D eigenvalue weighted by atomic mass is 16.1. The van der Waals surface area contributed by atoms with Crippen molar-refractivity contribution in [2.45, 2.75) is 13.8 Å². The number of rotatable bonds is 2. The molecule has 5 heteroatoms. The lowest BCUT2D eigenvalue weighted by Crippen LogP contribution is -2.12. The van der Waals surface area contributed by atoms with Gasteiger partial charge in [-0.1, -0.05) is 0 Å². The Bertz CT molecular complexity index is 546.